The minimum Gasteiger partial charge on any atom is -0.482 e. The fourth-order valence-corrected chi connectivity index (χ4v) is 2.49. The summed E-state index contributed by atoms with van der Waals surface area (Å²) in [7, 11) is 0. The van der Waals surface area contributed by atoms with Crippen LogP contribution in [0, 0.1) is 5.92 Å². The van der Waals surface area contributed by atoms with Gasteiger partial charge in [-0.15, -0.1) is 0 Å². The summed E-state index contributed by atoms with van der Waals surface area (Å²) in [5.74, 6) is 2.21. The molecule has 1 unspecified atom stereocenters. The first-order valence-corrected chi connectivity index (χ1v) is 7.20. The smallest absolute Gasteiger partial charge is 0.234 e. The molecule has 0 radical (unpaired) electrons. The number of carbonyl (C=O) groups excluding carboxylic acids is 1. The summed E-state index contributed by atoms with van der Waals surface area (Å²) in [4.78, 5) is 16.1. The molecule has 0 spiro atoms. The molecule has 0 bridgehead atoms. The Morgan fingerprint density at radius 1 is 1.38 bits per heavy atom. The standard InChI is InChI=1S/C16H18N2O3/c1-10(2)7-12(19)9-15-17-16(18-21-15)14-8-11-5-3-4-6-13(11)20-14/h3-6,10,14H,7-9H2,1-2H3. The molecule has 5 nitrogen and oxygen atoms in total. The number of carbonyl (C=O) groups is 1. The molecule has 21 heavy (non-hydrogen) atoms. The molecule has 2 heterocycles. The highest BCUT2D eigenvalue weighted by molar-refractivity contribution is 5.80. The molecule has 0 saturated carbocycles. The van der Waals surface area contributed by atoms with Gasteiger partial charge in [0.05, 0.1) is 6.42 Å². The van der Waals surface area contributed by atoms with Gasteiger partial charge in [0.15, 0.2) is 6.10 Å². The maximum atomic E-state index is 11.8. The van der Waals surface area contributed by atoms with Crippen LogP contribution < -0.4 is 4.74 Å². The Morgan fingerprint density at radius 3 is 2.95 bits per heavy atom. The highest BCUT2D eigenvalue weighted by Gasteiger charge is 2.28. The van der Waals surface area contributed by atoms with Gasteiger partial charge < -0.3 is 9.26 Å². The Balaban J connectivity index is 1.65. The number of hydrogen-bond acceptors (Lipinski definition) is 5. The van der Waals surface area contributed by atoms with Gasteiger partial charge >= 0.3 is 0 Å². The van der Waals surface area contributed by atoms with Crippen LogP contribution in [0.4, 0.5) is 0 Å². The molecule has 1 aliphatic heterocycles. The van der Waals surface area contributed by atoms with Crippen LogP contribution in [0.15, 0.2) is 28.8 Å². The van der Waals surface area contributed by atoms with E-state index in [1.807, 2.05) is 38.1 Å². The van der Waals surface area contributed by atoms with Crippen LogP contribution in [-0.2, 0) is 17.6 Å². The van der Waals surface area contributed by atoms with Crippen LogP contribution >= 0.6 is 0 Å². The summed E-state index contributed by atoms with van der Waals surface area (Å²) >= 11 is 0. The molecule has 1 aromatic heterocycles. The number of ether oxygens (including phenoxy) is 1. The number of nitrogens with zero attached hydrogens (tertiary/aromatic N) is 2. The van der Waals surface area contributed by atoms with Gasteiger partial charge in [-0.2, -0.15) is 4.98 Å². The van der Waals surface area contributed by atoms with E-state index in [9.17, 15) is 4.79 Å². The van der Waals surface area contributed by atoms with Crippen LogP contribution in [0.1, 0.15) is 43.7 Å². The highest BCUT2D eigenvalue weighted by atomic mass is 16.5. The van der Waals surface area contributed by atoms with E-state index in [1.54, 1.807) is 0 Å². The number of aromatic nitrogens is 2. The van der Waals surface area contributed by atoms with Gasteiger partial charge in [0.2, 0.25) is 11.7 Å². The van der Waals surface area contributed by atoms with Gasteiger partial charge in [-0.25, -0.2) is 0 Å². The molecule has 0 N–H and O–H groups in total. The van der Waals surface area contributed by atoms with Crippen molar-refractivity contribution < 1.29 is 14.1 Å². The number of para-hydroxylation sites is 1. The van der Waals surface area contributed by atoms with Gasteiger partial charge in [0, 0.05) is 12.8 Å². The summed E-state index contributed by atoms with van der Waals surface area (Å²) in [5, 5.41) is 3.95. The first-order chi connectivity index (χ1) is 10.1. The van der Waals surface area contributed by atoms with Crippen molar-refractivity contribution in [2.75, 3.05) is 0 Å². The average molecular weight is 286 g/mol. The molecule has 0 aliphatic carbocycles. The lowest BCUT2D eigenvalue weighted by molar-refractivity contribution is -0.119. The van der Waals surface area contributed by atoms with Gasteiger partial charge in [0.1, 0.15) is 11.5 Å². The van der Waals surface area contributed by atoms with E-state index in [2.05, 4.69) is 10.1 Å². The van der Waals surface area contributed by atoms with E-state index in [1.165, 1.54) is 0 Å². The Kier molecular flexibility index (Phi) is 3.73. The van der Waals surface area contributed by atoms with Crippen LogP contribution in [-0.4, -0.2) is 15.9 Å². The molecular weight excluding hydrogens is 268 g/mol. The third-order valence-electron chi connectivity index (χ3n) is 3.40. The third kappa shape index (κ3) is 3.12. The zero-order valence-corrected chi connectivity index (χ0v) is 12.2. The number of benzene rings is 1. The fourth-order valence-electron chi connectivity index (χ4n) is 2.49. The van der Waals surface area contributed by atoms with Gasteiger partial charge in [-0.05, 0) is 17.5 Å². The summed E-state index contributed by atoms with van der Waals surface area (Å²) in [5.41, 5.74) is 1.14. The monoisotopic (exact) mass is 286 g/mol. The molecule has 0 saturated heterocycles. The summed E-state index contributed by atoms with van der Waals surface area (Å²) < 4.78 is 11.0. The van der Waals surface area contributed by atoms with E-state index in [0.717, 1.165) is 17.7 Å². The van der Waals surface area contributed by atoms with Crippen molar-refractivity contribution in [3.05, 3.63) is 41.5 Å². The lowest BCUT2D eigenvalue weighted by atomic mass is 10.1. The molecule has 2 aromatic rings. The molecule has 0 fully saturated rings. The molecule has 3 rings (SSSR count). The molecule has 110 valence electrons. The van der Waals surface area contributed by atoms with Crippen molar-refractivity contribution in [1.29, 1.82) is 0 Å². The van der Waals surface area contributed by atoms with Crippen molar-refractivity contribution in [2.45, 2.75) is 39.2 Å². The van der Waals surface area contributed by atoms with Crippen LogP contribution in [0.2, 0.25) is 0 Å². The Bertz CT molecular complexity index is 623. The Labute approximate surface area is 123 Å². The van der Waals surface area contributed by atoms with E-state index in [0.29, 0.717) is 24.1 Å². The molecular formula is C16H18N2O3. The predicted molar refractivity (Wildman–Crippen MR) is 76.0 cm³/mol. The summed E-state index contributed by atoms with van der Waals surface area (Å²) in [6.07, 6.45) is 1.24. The van der Waals surface area contributed by atoms with Gasteiger partial charge in [0.25, 0.3) is 0 Å². The maximum Gasteiger partial charge on any atom is 0.234 e. The lowest BCUT2D eigenvalue weighted by Gasteiger charge is -2.04. The fraction of sp³-hybridized carbons (Fsp3) is 0.438. The Hall–Kier alpha value is -2.17. The molecule has 1 atom stereocenters. The Morgan fingerprint density at radius 2 is 2.19 bits per heavy atom. The first kappa shape index (κ1) is 13.8. The number of ketones is 1. The maximum absolute atomic E-state index is 11.8. The SMILES string of the molecule is CC(C)CC(=O)Cc1nc(C2Cc3ccccc3O2)no1. The number of fused-ring (bicyclic) bond motifs is 1. The van der Waals surface area contributed by atoms with Crippen molar-refractivity contribution in [2.24, 2.45) is 5.92 Å². The lowest BCUT2D eigenvalue weighted by Crippen LogP contribution is -2.08. The van der Waals surface area contributed by atoms with E-state index >= 15 is 0 Å². The summed E-state index contributed by atoms with van der Waals surface area (Å²) in [6.45, 7) is 4.03. The van der Waals surface area contributed by atoms with E-state index in [-0.39, 0.29) is 18.3 Å². The number of rotatable bonds is 5. The van der Waals surface area contributed by atoms with Crippen molar-refractivity contribution in [3.8, 4) is 5.75 Å². The van der Waals surface area contributed by atoms with E-state index < -0.39 is 0 Å². The number of Topliss-reactive ketones (excluding diaryl/α,β-unsaturated/α-hetero) is 1. The first-order valence-electron chi connectivity index (χ1n) is 7.20. The van der Waals surface area contributed by atoms with Crippen molar-refractivity contribution in [3.63, 3.8) is 0 Å². The van der Waals surface area contributed by atoms with Crippen molar-refractivity contribution in [1.82, 2.24) is 10.1 Å². The van der Waals surface area contributed by atoms with Crippen LogP contribution in [0.25, 0.3) is 0 Å². The number of hydrogen-bond donors (Lipinski definition) is 0. The normalized spacial score (nSPS) is 16.8. The van der Waals surface area contributed by atoms with Gasteiger partial charge in [-0.3, -0.25) is 4.79 Å². The second-order valence-electron chi connectivity index (χ2n) is 5.78. The second-order valence-corrected chi connectivity index (χ2v) is 5.78. The average Bonchev–Trinajstić information content (AvgIpc) is 3.03. The zero-order chi connectivity index (χ0) is 14.8. The highest BCUT2D eigenvalue weighted by Crippen LogP contribution is 2.35. The summed E-state index contributed by atoms with van der Waals surface area (Å²) in [6, 6.07) is 7.88. The predicted octanol–water partition coefficient (Wildman–Crippen LogP) is 2.90. The zero-order valence-electron chi connectivity index (χ0n) is 12.2. The quantitative estimate of drug-likeness (QED) is 0.845. The third-order valence-corrected chi connectivity index (χ3v) is 3.40. The minimum atomic E-state index is -0.222. The molecule has 1 aliphatic rings. The molecule has 1 aromatic carbocycles. The minimum absolute atomic E-state index is 0.121. The second kappa shape index (κ2) is 5.68. The van der Waals surface area contributed by atoms with E-state index in [4.69, 9.17) is 9.26 Å². The van der Waals surface area contributed by atoms with Crippen LogP contribution in [0.5, 0.6) is 5.75 Å². The topological polar surface area (TPSA) is 65.2 Å². The van der Waals surface area contributed by atoms with Crippen LogP contribution in [0.3, 0.4) is 0 Å². The van der Waals surface area contributed by atoms with Gasteiger partial charge in [-0.1, -0.05) is 37.2 Å². The van der Waals surface area contributed by atoms with Crippen molar-refractivity contribution >= 4 is 5.78 Å². The largest absolute Gasteiger partial charge is 0.482 e. The molecule has 5 heteroatoms. The molecule has 0 amide bonds.